The van der Waals surface area contributed by atoms with Gasteiger partial charge in [-0.15, -0.1) is 0 Å². The maximum absolute atomic E-state index is 12.1. The molecule has 21 heavy (non-hydrogen) atoms. The molecule has 0 saturated heterocycles. The number of ether oxygens (including phenoxy) is 2. The van der Waals surface area contributed by atoms with Crippen molar-refractivity contribution in [2.75, 3.05) is 27.3 Å². The lowest BCUT2D eigenvalue weighted by atomic mass is 9.92. The molecule has 5 heteroatoms. The van der Waals surface area contributed by atoms with Gasteiger partial charge in [0.1, 0.15) is 5.54 Å². The van der Waals surface area contributed by atoms with E-state index in [1.54, 1.807) is 0 Å². The molecule has 5 nitrogen and oxygen atoms in total. The molecule has 1 saturated carbocycles. The van der Waals surface area contributed by atoms with Gasteiger partial charge in [0.05, 0.1) is 19.8 Å². The summed E-state index contributed by atoms with van der Waals surface area (Å²) in [5.41, 5.74) is -0.609. The number of nitrogens with one attached hydrogen (secondary N) is 1. The highest BCUT2D eigenvalue weighted by Crippen LogP contribution is 2.26. The summed E-state index contributed by atoms with van der Waals surface area (Å²) in [6.45, 7) is 9.75. The van der Waals surface area contributed by atoms with Gasteiger partial charge in [-0.05, 0) is 54.0 Å². The fourth-order valence-corrected chi connectivity index (χ4v) is 2.50. The Hall–Kier alpha value is -0.650. The van der Waals surface area contributed by atoms with Crippen molar-refractivity contribution in [3.05, 3.63) is 0 Å². The van der Waals surface area contributed by atoms with Crippen molar-refractivity contribution in [2.45, 2.75) is 70.7 Å². The number of esters is 1. The lowest BCUT2D eigenvalue weighted by molar-refractivity contribution is -0.149. The molecule has 0 aliphatic heterocycles. The number of hydrogen-bond donors (Lipinski definition) is 1. The molecule has 0 aromatic heterocycles. The summed E-state index contributed by atoms with van der Waals surface area (Å²) in [4.78, 5) is 14.4. The first-order valence-electron chi connectivity index (χ1n) is 7.96. The van der Waals surface area contributed by atoms with Gasteiger partial charge in [0, 0.05) is 18.6 Å². The van der Waals surface area contributed by atoms with Gasteiger partial charge in [-0.25, -0.2) is 0 Å². The van der Waals surface area contributed by atoms with Crippen molar-refractivity contribution in [3.63, 3.8) is 0 Å². The van der Waals surface area contributed by atoms with Gasteiger partial charge in [-0.3, -0.25) is 10.1 Å². The monoisotopic (exact) mass is 300 g/mol. The van der Waals surface area contributed by atoms with E-state index in [9.17, 15) is 4.79 Å². The van der Waals surface area contributed by atoms with E-state index in [4.69, 9.17) is 9.47 Å². The van der Waals surface area contributed by atoms with E-state index >= 15 is 0 Å². The second kappa shape index (κ2) is 8.11. The number of carbonyl (C=O) groups excluding carboxylic acids is 1. The van der Waals surface area contributed by atoms with Crippen LogP contribution in [0.2, 0.25) is 0 Å². The molecule has 1 aliphatic carbocycles. The first kappa shape index (κ1) is 18.4. The van der Waals surface area contributed by atoms with Crippen LogP contribution < -0.4 is 5.32 Å². The molecule has 0 amide bonds. The SMILES string of the molecule is COC(=O)C(C)(CC(C)N(C)CCOC(C)C)NC1CC1. The summed E-state index contributed by atoms with van der Waals surface area (Å²) in [6, 6.07) is 0.743. The summed E-state index contributed by atoms with van der Waals surface area (Å²) in [6.07, 6.45) is 3.29. The van der Waals surface area contributed by atoms with Gasteiger partial charge in [-0.1, -0.05) is 0 Å². The van der Waals surface area contributed by atoms with Crippen LogP contribution in [0.1, 0.15) is 47.0 Å². The van der Waals surface area contributed by atoms with E-state index < -0.39 is 5.54 Å². The smallest absolute Gasteiger partial charge is 0.325 e. The topological polar surface area (TPSA) is 50.8 Å². The quantitative estimate of drug-likeness (QED) is 0.624. The minimum Gasteiger partial charge on any atom is -0.468 e. The molecule has 1 fully saturated rings. The van der Waals surface area contributed by atoms with E-state index in [0.29, 0.717) is 12.6 Å². The van der Waals surface area contributed by atoms with Crippen molar-refractivity contribution >= 4 is 5.97 Å². The minimum absolute atomic E-state index is 0.173. The predicted molar refractivity (Wildman–Crippen MR) is 84.4 cm³/mol. The summed E-state index contributed by atoms with van der Waals surface area (Å²) < 4.78 is 10.6. The van der Waals surface area contributed by atoms with Crippen molar-refractivity contribution < 1.29 is 14.3 Å². The Balaban J connectivity index is 2.50. The lowest BCUT2D eigenvalue weighted by Crippen LogP contribution is -2.54. The Morgan fingerprint density at radius 1 is 1.38 bits per heavy atom. The van der Waals surface area contributed by atoms with E-state index in [1.165, 1.54) is 7.11 Å². The summed E-state index contributed by atoms with van der Waals surface area (Å²) in [7, 11) is 3.53. The fourth-order valence-electron chi connectivity index (χ4n) is 2.50. The van der Waals surface area contributed by atoms with E-state index in [2.05, 4.69) is 24.2 Å². The van der Waals surface area contributed by atoms with Gasteiger partial charge >= 0.3 is 5.97 Å². The van der Waals surface area contributed by atoms with Crippen LogP contribution in [0.5, 0.6) is 0 Å². The van der Waals surface area contributed by atoms with Crippen molar-refractivity contribution in [1.29, 1.82) is 0 Å². The van der Waals surface area contributed by atoms with Gasteiger partial charge in [0.15, 0.2) is 0 Å². The van der Waals surface area contributed by atoms with Crippen LogP contribution in [-0.2, 0) is 14.3 Å². The van der Waals surface area contributed by atoms with Crippen LogP contribution in [0, 0.1) is 0 Å². The van der Waals surface area contributed by atoms with Gasteiger partial charge < -0.3 is 14.4 Å². The van der Waals surface area contributed by atoms with Crippen molar-refractivity contribution in [1.82, 2.24) is 10.2 Å². The molecule has 0 bridgehead atoms. The molecule has 2 unspecified atom stereocenters. The van der Waals surface area contributed by atoms with Crippen LogP contribution in [0.15, 0.2) is 0 Å². The fraction of sp³-hybridized carbons (Fsp3) is 0.938. The third-order valence-corrected chi connectivity index (χ3v) is 4.09. The standard InChI is InChI=1S/C16H32N2O3/c1-12(2)21-10-9-18(5)13(3)11-16(4,15(19)20-6)17-14-7-8-14/h12-14,17H,7-11H2,1-6H3. The molecule has 124 valence electrons. The summed E-state index contributed by atoms with van der Waals surface area (Å²) in [5, 5.41) is 3.45. The Kier molecular flexibility index (Phi) is 7.10. The average molecular weight is 300 g/mol. The van der Waals surface area contributed by atoms with Gasteiger partial charge in [-0.2, -0.15) is 0 Å². The van der Waals surface area contributed by atoms with E-state index in [-0.39, 0.29) is 18.1 Å². The first-order valence-corrected chi connectivity index (χ1v) is 7.96. The molecule has 0 radical (unpaired) electrons. The molecular weight excluding hydrogens is 268 g/mol. The zero-order chi connectivity index (χ0) is 16.0. The maximum Gasteiger partial charge on any atom is 0.325 e. The zero-order valence-corrected chi connectivity index (χ0v) is 14.4. The van der Waals surface area contributed by atoms with Gasteiger partial charge in [0.25, 0.3) is 0 Å². The largest absolute Gasteiger partial charge is 0.468 e. The van der Waals surface area contributed by atoms with Crippen LogP contribution >= 0.6 is 0 Å². The Bertz CT molecular complexity index is 331. The second-order valence-electron chi connectivity index (χ2n) is 6.70. The lowest BCUT2D eigenvalue weighted by Gasteiger charge is -2.34. The van der Waals surface area contributed by atoms with E-state index in [1.807, 2.05) is 20.8 Å². The molecule has 1 N–H and O–H groups in total. The molecule has 0 aromatic rings. The number of rotatable bonds is 10. The van der Waals surface area contributed by atoms with Gasteiger partial charge in [0.2, 0.25) is 0 Å². The summed E-state index contributed by atoms with van der Waals surface area (Å²) >= 11 is 0. The number of carbonyl (C=O) groups is 1. The Morgan fingerprint density at radius 2 is 2.00 bits per heavy atom. The normalized spacial score (nSPS) is 19.6. The Morgan fingerprint density at radius 3 is 2.48 bits per heavy atom. The number of hydrogen-bond acceptors (Lipinski definition) is 5. The third kappa shape index (κ3) is 6.32. The highest BCUT2D eigenvalue weighted by Gasteiger charge is 2.40. The van der Waals surface area contributed by atoms with Crippen molar-refractivity contribution in [2.24, 2.45) is 0 Å². The van der Waals surface area contributed by atoms with Crippen LogP contribution in [-0.4, -0.2) is 61.9 Å². The highest BCUT2D eigenvalue weighted by atomic mass is 16.5. The van der Waals surface area contributed by atoms with E-state index in [0.717, 1.165) is 25.8 Å². The molecule has 1 rings (SSSR count). The molecule has 0 heterocycles. The first-order chi connectivity index (χ1) is 9.78. The van der Waals surface area contributed by atoms with Crippen LogP contribution in [0.4, 0.5) is 0 Å². The molecular formula is C16H32N2O3. The highest BCUT2D eigenvalue weighted by molar-refractivity contribution is 5.80. The summed E-state index contributed by atoms with van der Waals surface area (Å²) in [5.74, 6) is -0.173. The predicted octanol–water partition coefficient (Wildman–Crippen LogP) is 1.81. The van der Waals surface area contributed by atoms with Crippen LogP contribution in [0.3, 0.4) is 0 Å². The molecule has 2 atom stereocenters. The zero-order valence-electron chi connectivity index (χ0n) is 14.4. The van der Waals surface area contributed by atoms with Crippen LogP contribution in [0.25, 0.3) is 0 Å². The molecule has 0 aromatic carbocycles. The number of methoxy groups -OCH3 is 1. The second-order valence-corrected chi connectivity index (χ2v) is 6.70. The minimum atomic E-state index is -0.609. The van der Waals surface area contributed by atoms with Crippen molar-refractivity contribution in [3.8, 4) is 0 Å². The molecule has 0 spiro atoms. The molecule has 1 aliphatic rings. The Labute approximate surface area is 129 Å². The maximum atomic E-state index is 12.1. The number of likely N-dealkylation sites (N-methyl/N-ethyl adjacent to an activating group) is 1. The average Bonchev–Trinajstić information content (AvgIpc) is 3.20. The number of nitrogens with zero attached hydrogens (tertiary/aromatic N) is 1. The third-order valence-electron chi connectivity index (χ3n) is 4.09.